The van der Waals surface area contributed by atoms with Crippen LogP contribution in [0.15, 0.2) is 180 Å². The van der Waals surface area contributed by atoms with E-state index in [9.17, 15) is 0 Å². The maximum Gasteiger partial charge on any atom is 0.143 e. The van der Waals surface area contributed by atoms with Gasteiger partial charge < -0.3 is 13.9 Å². The average Bonchev–Trinajstić information content (AvgIpc) is 3.73. The molecule has 2 aromatic heterocycles. The number of aromatic nitrogens is 1. The summed E-state index contributed by atoms with van der Waals surface area (Å²) < 4.78 is 9.00. The number of nitrogens with zero attached hydrogens (tertiary/aromatic N) is 2. The number of aryl methyl sites for hydroxylation is 1. The van der Waals surface area contributed by atoms with E-state index < -0.39 is 0 Å². The lowest BCUT2D eigenvalue weighted by Gasteiger charge is -2.28. The predicted octanol–water partition coefficient (Wildman–Crippen LogP) is 13.3. The van der Waals surface area contributed by atoms with Gasteiger partial charge in [0, 0.05) is 43.7 Å². The average molecular weight is 641 g/mol. The van der Waals surface area contributed by atoms with Crippen LogP contribution in [0, 0.1) is 6.92 Å². The van der Waals surface area contributed by atoms with Crippen LogP contribution in [0.2, 0.25) is 0 Å². The summed E-state index contributed by atoms with van der Waals surface area (Å²) in [6.45, 7) is 2.17. The van der Waals surface area contributed by atoms with Crippen LogP contribution >= 0.6 is 0 Å². The first-order valence-electron chi connectivity index (χ1n) is 17.1. The van der Waals surface area contributed by atoms with E-state index in [4.69, 9.17) is 4.42 Å². The van der Waals surface area contributed by atoms with E-state index in [2.05, 4.69) is 192 Å². The Morgan fingerprint density at radius 2 is 1.10 bits per heavy atom. The fourth-order valence-corrected chi connectivity index (χ4v) is 7.87. The van der Waals surface area contributed by atoms with Gasteiger partial charge in [-0.25, -0.2) is 0 Å². The van der Waals surface area contributed by atoms with Crippen LogP contribution < -0.4 is 4.90 Å². The van der Waals surface area contributed by atoms with Gasteiger partial charge in [0.25, 0.3) is 0 Å². The molecule has 3 nitrogen and oxygen atoms in total. The zero-order chi connectivity index (χ0) is 33.2. The van der Waals surface area contributed by atoms with Gasteiger partial charge in [-0.05, 0) is 78.2 Å². The molecule has 0 radical (unpaired) electrons. The van der Waals surface area contributed by atoms with Gasteiger partial charge in [-0.15, -0.1) is 0 Å². The highest BCUT2D eigenvalue weighted by molar-refractivity contribution is 6.22. The molecule has 0 saturated carbocycles. The lowest BCUT2D eigenvalue weighted by Crippen LogP contribution is -2.11. The SMILES string of the molecule is Cc1cccc2oc3c4ccccc4c(N(c4ccc(-c5ccccc5)cc4)c4cccc5c4c4ccccc4n5-c4ccccc4)cc3c12. The van der Waals surface area contributed by atoms with Crippen molar-refractivity contribution in [2.45, 2.75) is 6.92 Å². The van der Waals surface area contributed by atoms with Gasteiger partial charge >= 0.3 is 0 Å². The van der Waals surface area contributed by atoms with Crippen molar-refractivity contribution in [2.75, 3.05) is 4.90 Å². The number of anilines is 3. The van der Waals surface area contributed by atoms with Gasteiger partial charge in [0.1, 0.15) is 11.2 Å². The topological polar surface area (TPSA) is 21.3 Å². The molecule has 0 aliphatic rings. The van der Waals surface area contributed by atoms with Crippen molar-refractivity contribution >= 4 is 71.6 Å². The van der Waals surface area contributed by atoms with E-state index in [1.807, 2.05) is 0 Å². The van der Waals surface area contributed by atoms with Crippen LogP contribution in [0.3, 0.4) is 0 Å². The summed E-state index contributed by atoms with van der Waals surface area (Å²) in [5.41, 5.74) is 12.2. The fraction of sp³-hybridized carbons (Fsp3) is 0.0213. The summed E-state index contributed by atoms with van der Waals surface area (Å²) in [4.78, 5) is 2.46. The van der Waals surface area contributed by atoms with Crippen LogP contribution in [-0.4, -0.2) is 4.57 Å². The molecule has 0 bridgehead atoms. The molecule has 0 spiro atoms. The molecule has 0 aliphatic carbocycles. The minimum absolute atomic E-state index is 0.911. The minimum atomic E-state index is 0.911. The molecule has 10 aromatic rings. The second-order valence-corrected chi connectivity index (χ2v) is 13.0. The van der Waals surface area contributed by atoms with Crippen LogP contribution in [0.1, 0.15) is 5.56 Å². The van der Waals surface area contributed by atoms with Crippen molar-refractivity contribution in [1.82, 2.24) is 4.57 Å². The van der Waals surface area contributed by atoms with E-state index >= 15 is 0 Å². The van der Waals surface area contributed by atoms with Gasteiger partial charge in [-0.3, -0.25) is 0 Å². The van der Waals surface area contributed by atoms with Crippen molar-refractivity contribution in [1.29, 1.82) is 0 Å². The molecule has 10 rings (SSSR count). The minimum Gasteiger partial charge on any atom is -0.455 e. The molecule has 2 heterocycles. The second kappa shape index (κ2) is 11.3. The number of benzene rings is 8. The van der Waals surface area contributed by atoms with Crippen molar-refractivity contribution in [3.05, 3.63) is 181 Å². The normalized spacial score (nSPS) is 11.7. The molecule has 0 amide bonds. The molecule has 0 unspecified atom stereocenters. The fourth-order valence-electron chi connectivity index (χ4n) is 7.87. The van der Waals surface area contributed by atoms with Crippen LogP contribution in [0.4, 0.5) is 17.1 Å². The summed E-state index contributed by atoms with van der Waals surface area (Å²) in [7, 11) is 0. The lowest BCUT2D eigenvalue weighted by atomic mass is 9.99. The molecule has 0 atom stereocenters. The number of hydrogen-bond acceptors (Lipinski definition) is 2. The van der Waals surface area contributed by atoms with Crippen molar-refractivity contribution < 1.29 is 4.42 Å². The zero-order valence-electron chi connectivity index (χ0n) is 27.5. The first-order valence-corrected chi connectivity index (χ1v) is 17.1. The van der Waals surface area contributed by atoms with E-state index in [-0.39, 0.29) is 0 Å². The number of hydrogen-bond donors (Lipinski definition) is 0. The van der Waals surface area contributed by atoms with Gasteiger partial charge in [-0.2, -0.15) is 0 Å². The van der Waals surface area contributed by atoms with Gasteiger partial charge in [0.2, 0.25) is 0 Å². The molecular weight excluding hydrogens is 609 g/mol. The molecule has 50 heavy (non-hydrogen) atoms. The molecule has 0 saturated heterocycles. The Labute approximate surface area is 289 Å². The van der Waals surface area contributed by atoms with E-state index in [1.54, 1.807) is 0 Å². The summed E-state index contributed by atoms with van der Waals surface area (Å²) in [6, 6.07) is 63.1. The number of furan rings is 1. The Morgan fingerprint density at radius 3 is 1.90 bits per heavy atom. The molecule has 3 heteroatoms. The predicted molar refractivity (Wildman–Crippen MR) is 210 cm³/mol. The Hall–Kier alpha value is -6.58. The number of fused-ring (bicyclic) bond motifs is 8. The van der Waals surface area contributed by atoms with Crippen LogP contribution in [-0.2, 0) is 0 Å². The summed E-state index contributed by atoms with van der Waals surface area (Å²) >= 11 is 0. The Balaban J connectivity index is 1.32. The quantitative estimate of drug-likeness (QED) is 0.187. The van der Waals surface area contributed by atoms with E-state index in [0.717, 1.165) is 61.0 Å². The largest absolute Gasteiger partial charge is 0.455 e. The van der Waals surface area contributed by atoms with E-state index in [1.165, 1.54) is 33.0 Å². The summed E-state index contributed by atoms with van der Waals surface area (Å²) in [5.74, 6) is 0. The zero-order valence-corrected chi connectivity index (χ0v) is 27.5. The first-order chi connectivity index (χ1) is 24.7. The van der Waals surface area contributed by atoms with Crippen LogP contribution in [0.25, 0.3) is 71.3 Å². The highest BCUT2D eigenvalue weighted by Crippen LogP contribution is 2.48. The Kier molecular flexibility index (Phi) is 6.40. The molecule has 8 aromatic carbocycles. The van der Waals surface area contributed by atoms with Gasteiger partial charge in [0.15, 0.2) is 0 Å². The lowest BCUT2D eigenvalue weighted by molar-refractivity contribution is 0.672. The summed E-state index contributed by atoms with van der Waals surface area (Å²) in [6.07, 6.45) is 0. The third kappa shape index (κ3) is 4.30. The number of para-hydroxylation sites is 2. The standard InChI is InChI=1S/C47H32N2O/c1-31-14-12-25-44-45(31)39-30-43(36-19-8-9-20-37(36)47(39)50-44)49(35-28-26-33(27-29-35)32-15-4-2-5-16-32)42-24-13-23-41-46(42)38-21-10-11-22-40(38)48(41)34-17-6-3-7-18-34/h2-30H,1H3. The van der Waals surface area contributed by atoms with Crippen molar-refractivity contribution in [3.63, 3.8) is 0 Å². The maximum absolute atomic E-state index is 6.62. The molecule has 0 N–H and O–H groups in total. The highest BCUT2D eigenvalue weighted by atomic mass is 16.3. The smallest absolute Gasteiger partial charge is 0.143 e. The number of rotatable bonds is 5. The first kappa shape index (κ1) is 28.4. The highest BCUT2D eigenvalue weighted by Gasteiger charge is 2.24. The third-order valence-electron chi connectivity index (χ3n) is 10.1. The van der Waals surface area contributed by atoms with Crippen molar-refractivity contribution in [2.24, 2.45) is 0 Å². The van der Waals surface area contributed by atoms with Crippen molar-refractivity contribution in [3.8, 4) is 16.8 Å². The van der Waals surface area contributed by atoms with E-state index in [0.29, 0.717) is 0 Å². The Morgan fingerprint density at radius 1 is 0.460 bits per heavy atom. The molecule has 236 valence electrons. The van der Waals surface area contributed by atoms with Crippen LogP contribution in [0.5, 0.6) is 0 Å². The second-order valence-electron chi connectivity index (χ2n) is 13.0. The summed E-state index contributed by atoms with van der Waals surface area (Å²) in [5, 5.41) is 6.93. The molecular formula is C47H32N2O. The van der Waals surface area contributed by atoms with Gasteiger partial charge in [0.05, 0.1) is 22.4 Å². The maximum atomic E-state index is 6.62. The molecule has 0 aliphatic heterocycles. The molecule has 0 fully saturated rings. The Bertz CT molecular complexity index is 2860. The van der Waals surface area contributed by atoms with Gasteiger partial charge in [-0.1, -0.05) is 121 Å². The third-order valence-corrected chi connectivity index (χ3v) is 10.1. The monoisotopic (exact) mass is 640 g/mol.